The maximum atomic E-state index is 10.5. The maximum Gasteiger partial charge on any atom is 0.0795 e. The van der Waals surface area contributed by atoms with Gasteiger partial charge in [0.05, 0.1) is 6.10 Å². The van der Waals surface area contributed by atoms with E-state index in [1.807, 2.05) is 0 Å². The van der Waals surface area contributed by atoms with Gasteiger partial charge in [-0.2, -0.15) is 0 Å². The number of aryl methyl sites for hydroxylation is 2. The van der Waals surface area contributed by atoms with Gasteiger partial charge in [0.25, 0.3) is 0 Å². The molecule has 1 aliphatic rings. The quantitative estimate of drug-likeness (QED) is 0.826. The van der Waals surface area contributed by atoms with E-state index in [0.29, 0.717) is 0 Å². The first-order chi connectivity index (χ1) is 8.58. The Bertz CT molecular complexity index is 408. The number of halogens is 1. The van der Waals surface area contributed by atoms with Gasteiger partial charge in [0.1, 0.15) is 0 Å². The summed E-state index contributed by atoms with van der Waals surface area (Å²) in [5, 5.41) is 10.5. The second-order valence-electron chi connectivity index (χ2n) is 5.71. The second kappa shape index (κ2) is 6.21. The molecule has 1 atom stereocenters. The average Bonchev–Trinajstić information content (AvgIpc) is 2.35. The summed E-state index contributed by atoms with van der Waals surface area (Å²) < 4.78 is 1.13. The van der Waals surface area contributed by atoms with Gasteiger partial charge >= 0.3 is 0 Å². The van der Waals surface area contributed by atoms with Gasteiger partial charge in [0, 0.05) is 4.47 Å². The van der Waals surface area contributed by atoms with Crippen molar-refractivity contribution >= 4 is 15.9 Å². The zero-order valence-corrected chi connectivity index (χ0v) is 13.0. The van der Waals surface area contributed by atoms with Gasteiger partial charge in [-0.1, -0.05) is 54.1 Å². The number of benzene rings is 1. The molecule has 2 heteroatoms. The Kier molecular flexibility index (Phi) is 4.85. The van der Waals surface area contributed by atoms with Gasteiger partial charge < -0.3 is 5.11 Å². The molecular weight excluding hydrogens is 288 g/mol. The van der Waals surface area contributed by atoms with Crippen LogP contribution in [0.2, 0.25) is 0 Å². The van der Waals surface area contributed by atoms with Crippen LogP contribution in [0.1, 0.15) is 61.3 Å². The number of hydrogen-bond acceptors (Lipinski definition) is 1. The highest BCUT2D eigenvalue weighted by molar-refractivity contribution is 9.10. The van der Waals surface area contributed by atoms with Crippen molar-refractivity contribution in [1.82, 2.24) is 0 Å². The molecule has 1 aliphatic carbocycles. The predicted octanol–water partition coefficient (Wildman–Crippen LogP) is 5.07. The molecule has 0 aliphatic heterocycles. The Labute approximate surface area is 119 Å². The number of aliphatic hydroxyl groups excluding tert-OH is 1. The summed E-state index contributed by atoms with van der Waals surface area (Å²) >= 11 is 3.55. The molecule has 1 fully saturated rings. The van der Waals surface area contributed by atoms with E-state index in [4.69, 9.17) is 0 Å². The standard InChI is InChI=1S/C16H23BrO/c1-11-9-15(17)12(2)8-14(11)16(18)10-13-6-4-3-5-7-13/h8-9,13,16,18H,3-7,10H2,1-2H3. The van der Waals surface area contributed by atoms with Crippen LogP contribution < -0.4 is 0 Å². The van der Waals surface area contributed by atoms with Crippen LogP contribution in [0.5, 0.6) is 0 Å². The summed E-state index contributed by atoms with van der Waals surface area (Å²) in [5.74, 6) is 0.720. The van der Waals surface area contributed by atoms with E-state index < -0.39 is 0 Å². The van der Waals surface area contributed by atoms with Gasteiger partial charge in [-0.3, -0.25) is 0 Å². The Morgan fingerprint density at radius 2 is 1.83 bits per heavy atom. The van der Waals surface area contributed by atoms with E-state index in [1.165, 1.54) is 43.2 Å². The van der Waals surface area contributed by atoms with Crippen molar-refractivity contribution in [1.29, 1.82) is 0 Å². The zero-order chi connectivity index (χ0) is 13.1. The van der Waals surface area contributed by atoms with Crippen LogP contribution in [0.25, 0.3) is 0 Å². The van der Waals surface area contributed by atoms with Crippen LogP contribution in [0.15, 0.2) is 16.6 Å². The molecule has 0 amide bonds. The molecule has 1 nitrogen and oxygen atoms in total. The molecule has 0 radical (unpaired) electrons. The van der Waals surface area contributed by atoms with E-state index in [0.717, 1.165) is 22.4 Å². The van der Waals surface area contributed by atoms with Crippen molar-refractivity contribution in [2.45, 2.75) is 58.5 Å². The van der Waals surface area contributed by atoms with Crippen molar-refractivity contribution in [3.63, 3.8) is 0 Å². The highest BCUT2D eigenvalue weighted by Crippen LogP contribution is 2.34. The van der Waals surface area contributed by atoms with E-state index >= 15 is 0 Å². The molecule has 1 N–H and O–H groups in total. The van der Waals surface area contributed by atoms with Gasteiger partial charge in [-0.05, 0) is 48.9 Å². The van der Waals surface area contributed by atoms with Crippen LogP contribution in [-0.2, 0) is 0 Å². The zero-order valence-electron chi connectivity index (χ0n) is 11.4. The van der Waals surface area contributed by atoms with Crippen molar-refractivity contribution in [2.24, 2.45) is 5.92 Å². The van der Waals surface area contributed by atoms with Gasteiger partial charge in [-0.15, -0.1) is 0 Å². The minimum Gasteiger partial charge on any atom is -0.388 e. The minimum atomic E-state index is -0.292. The van der Waals surface area contributed by atoms with Crippen molar-refractivity contribution in [3.8, 4) is 0 Å². The Morgan fingerprint density at radius 1 is 1.17 bits per heavy atom. The molecular formula is C16H23BrO. The number of hydrogen-bond donors (Lipinski definition) is 1. The average molecular weight is 311 g/mol. The van der Waals surface area contributed by atoms with Gasteiger partial charge in [0.15, 0.2) is 0 Å². The first kappa shape index (κ1) is 14.1. The third-order valence-electron chi connectivity index (χ3n) is 4.19. The van der Waals surface area contributed by atoms with Crippen LogP contribution in [0.3, 0.4) is 0 Å². The fourth-order valence-electron chi connectivity index (χ4n) is 3.03. The van der Waals surface area contributed by atoms with Crippen LogP contribution in [0.4, 0.5) is 0 Å². The predicted molar refractivity (Wildman–Crippen MR) is 79.8 cm³/mol. The molecule has 1 aromatic rings. The van der Waals surface area contributed by atoms with Crippen LogP contribution in [0, 0.1) is 19.8 Å². The minimum absolute atomic E-state index is 0.292. The lowest BCUT2D eigenvalue weighted by Gasteiger charge is -2.25. The highest BCUT2D eigenvalue weighted by atomic mass is 79.9. The topological polar surface area (TPSA) is 20.2 Å². The molecule has 0 bridgehead atoms. The normalized spacial score (nSPS) is 18.9. The lowest BCUT2D eigenvalue weighted by molar-refractivity contribution is 0.131. The molecule has 0 spiro atoms. The summed E-state index contributed by atoms with van der Waals surface area (Å²) in [6.07, 6.45) is 7.30. The summed E-state index contributed by atoms with van der Waals surface area (Å²) in [7, 11) is 0. The summed E-state index contributed by atoms with van der Waals surface area (Å²) in [6, 6.07) is 4.25. The molecule has 1 saturated carbocycles. The summed E-state index contributed by atoms with van der Waals surface area (Å²) in [5.41, 5.74) is 3.51. The SMILES string of the molecule is Cc1cc(C(O)CC2CCCCC2)c(C)cc1Br. The molecule has 2 rings (SSSR count). The lowest BCUT2D eigenvalue weighted by Crippen LogP contribution is -2.12. The monoisotopic (exact) mass is 310 g/mol. The summed E-state index contributed by atoms with van der Waals surface area (Å²) in [4.78, 5) is 0. The van der Waals surface area contributed by atoms with Gasteiger partial charge in [0.2, 0.25) is 0 Å². The first-order valence-corrected chi connectivity index (χ1v) is 7.82. The van der Waals surface area contributed by atoms with E-state index in [1.54, 1.807) is 0 Å². The molecule has 0 aromatic heterocycles. The Morgan fingerprint density at radius 3 is 2.50 bits per heavy atom. The third kappa shape index (κ3) is 3.36. The molecule has 1 aromatic carbocycles. The third-order valence-corrected chi connectivity index (χ3v) is 5.04. The summed E-state index contributed by atoms with van der Waals surface area (Å²) in [6.45, 7) is 4.17. The molecule has 18 heavy (non-hydrogen) atoms. The van der Waals surface area contributed by atoms with Crippen LogP contribution in [-0.4, -0.2) is 5.11 Å². The van der Waals surface area contributed by atoms with Crippen molar-refractivity contribution in [2.75, 3.05) is 0 Å². The lowest BCUT2D eigenvalue weighted by atomic mass is 9.83. The number of aliphatic hydroxyl groups is 1. The maximum absolute atomic E-state index is 10.5. The Hall–Kier alpha value is -0.340. The molecule has 0 heterocycles. The molecule has 0 saturated heterocycles. The number of rotatable bonds is 3. The smallest absolute Gasteiger partial charge is 0.0795 e. The molecule has 100 valence electrons. The van der Waals surface area contributed by atoms with E-state index in [-0.39, 0.29) is 6.10 Å². The highest BCUT2D eigenvalue weighted by Gasteiger charge is 2.20. The van der Waals surface area contributed by atoms with Crippen molar-refractivity contribution < 1.29 is 5.11 Å². The Balaban J connectivity index is 2.08. The second-order valence-corrected chi connectivity index (χ2v) is 6.57. The molecule has 1 unspecified atom stereocenters. The fourth-order valence-corrected chi connectivity index (χ4v) is 3.49. The van der Waals surface area contributed by atoms with Crippen molar-refractivity contribution in [3.05, 3.63) is 33.3 Å². The first-order valence-electron chi connectivity index (χ1n) is 7.02. The van der Waals surface area contributed by atoms with E-state index in [2.05, 4.69) is 41.9 Å². The largest absolute Gasteiger partial charge is 0.388 e. The van der Waals surface area contributed by atoms with E-state index in [9.17, 15) is 5.11 Å². The van der Waals surface area contributed by atoms with Crippen LogP contribution >= 0.6 is 15.9 Å². The van der Waals surface area contributed by atoms with Gasteiger partial charge in [-0.25, -0.2) is 0 Å². The fraction of sp³-hybridized carbons (Fsp3) is 0.625.